The van der Waals surface area contributed by atoms with Crippen molar-refractivity contribution < 1.29 is 0 Å². The molecule has 6 fully saturated rings. The van der Waals surface area contributed by atoms with Crippen LogP contribution in [0, 0.1) is 111 Å². The maximum atomic E-state index is 2.68. The Morgan fingerprint density at radius 3 is 1.00 bits per heavy atom. The third-order valence-electron chi connectivity index (χ3n) is 18.9. The van der Waals surface area contributed by atoms with Crippen LogP contribution in [-0.2, 0) is 0 Å². The zero-order valence-corrected chi connectivity index (χ0v) is 44.1. The fraction of sp³-hybridized carbons (Fsp3) is 0.864. The molecule has 0 aromatic heterocycles. The van der Waals surface area contributed by atoms with Crippen molar-refractivity contribution in [1.29, 1.82) is 0 Å². The molecule has 8 aliphatic rings. The van der Waals surface area contributed by atoms with Gasteiger partial charge in [0.2, 0.25) is 0 Å². The van der Waals surface area contributed by atoms with E-state index >= 15 is 0 Å². The van der Waals surface area contributed by atoms with Gasteiger partial charge in [0.25, 0.3) is 0 Å². The van der Waals surface area contributed by atoms with Gasteiger partial charge in [0, 0.05) is 0 Å². The largest absolute Gasteiger partial charge is 0.0773 e. The van der Waals surface area contributed by atoms with Gasteiger partial charge >= 0.3 is 0 Å². The van der Waals surface area contributed by atoms with E-state index in [9.17, 15) is 0 Å². The van der Waals surface area contributed by atoms with Gasteiger partial charge in [-0.05, 0) is 185 Å². The molecule has 6 unspecified atom stereocenters. The second kappa shape index (κ2) is 21.6. The van der Waals surface area contributed by atoms with E-state index in [-0.39, 0.29) is 0 Å². The molecule has 0 nitrogen and oxygen atoms in total. The minimum atomic E-state index is 0.397. The normalized spacial score (nSPS) is 42.5. The fourth-order valence-corrected chi connectivity index (χ4v) is 13.1. The van der Waals surface area contributed by atoms with Crippen LogP contribution in [0.15, 0.2) is 46.6 Å². The molecule has 6 atom stereocenters. The van der Waals surface area contributed by atoms with Crippen LogP contribution in [-0.4, -0.2) is 0 Å². The molecule has 6 saturated carbocycles. The highest BCUT2D eigenvalue weighted by Crippen LogP contribution is 2.57. The summed E-state index contributed by atoms with van der Waals surface area (Å²) >= 11 is 0. The Balaban J connectivity index is 0.000000206. The summed E-state index contributed by atoms with van der Waals surface area (Å²) in [5, 5.41) is 0. The molecule has 342 valence electrons. The van der Waals surface area contributed by atoms with Crippen molar-refractivity contribution in [3.63, 3.8) is 0 Å². The second-order valence-corrected chi connectivity index (χ2v) is 24.9. The van der Waals surface area contributed by atoms with E-state index < -0.39 is 0 Å². The summed E-state index contributed by atoms with van der Waals surface area (Å²) < 4.78 is 0. The first-order valence-electron chi connectivity index (χ1n) is 26.2. The molecule has 0 radical (unpaired) electrons. The quantitative estimate of drug-likeness (QED) is 0.229. The molecular weight excluding hydrogens is 709 g/mol. The molecule has 0 bridgehead atoms. The zero-order chi connectivity index (χ0) is 44.9. The Morgan fingerprint density at radius 1 is 0.390 bits per heavy atom. The summed E-state index contributed by atoms with van der Waals surface area (Å²) in [4.78, 5) is 0. The second-order valence-electron chi connectivity index (χ2n) is 24.9. The Labute approximate surface area is 372 Å². The minimum Gasteiger partial charge on any atom is -0.0773 e. The monoisotopic (exact) mass is 815 g/mol. The highest BCUT2D eigenvalue weighted by atomic mass is 14.5. The predicted molar refractivity (Wildman–Crippen MR) is 266 cm³/mol. The molecule has 0 N–H and O–H groups in total. The van der Waals surface area contributed by atoms with Crippen LogP contribution in [0.4, 0.5) is 0 Å². The standard InChI is InChI=1S/C18H28.C15H22.2C10H20.2C3H8/c1-12-6-7-13-10-15-16(11-14(12)13)18(4,5)9-8-17(15,2)3;1-10-4-5-11-6-12-8-15(2,3)9-13(12)7-14(10)11;2*1-6-7(2)9(4)10(5)8(6)3;2*1-3-2/h10-14H,6-9H2,1-5H3;6-7,10-11,14H,4-5,8-9H2,1-3H3;2*6-10H,1-5H3;2*3H2,1-2H3. The molecule has 59 heavy (non-hydrogen) atoms. The molecule has 8 aliphatic carbocycles. The van der Waals surface area contributed by atoms with E-state index in [1.807, 2.05) is 0 Å². The summed E-state index contributed by atoms with van der Waals surface area (Å²) in [6, 6.07) is 0. The van der Waals surface area contributed by atoms with Crippen LogP contribution in [0.3, 0.4) is 0 Å². The summed E-state index contributed by atoms with van der Waals surface area (Å²) in [7, 11) is 0. The van der Waals surface area contributed by atoms with Gasteiger partial charge in [0.1, 0.15) is 0 Å². The Morgan fingerprint density at radius 2 is 0.661 bits per heavy atom. The van der Waals surface area contributed by atoms with Gasteiger partial charge in [-0.25, -0.2) is 0 Å². The molecule has 0 aliphatic heterocycles. The summed E-state index contributed by atoms with van der Waals surface area (Å²) in [6.45, 7) is 52.0. The lowest BCUT2D eigenvalue weighted by Gasteiger charge is -2.47. The smallest absolute Gasteiger partial charge is 0.0103 e. The highest BCUT2D eigenvalue weighted by Gasteiger charge is 2.45. The van der Waals surface area contributed by atoms with Gasteiger partial charge < -0.3 is 0 Å². The van der Waals surface area contributed by atoms with E-state index in [4.69, 9.17) is 0 Å². The van der Waals surface area contributed by atoms with Crippen LogP contribution < -0.4 is 0 Å². The van der Waals surface area contributed by atoms with E-state index in [1.165, 1.54) is 64.2 Å². The summed E-state index contributed by atoms with van der Waals surface area (Å²) in [5.41, 5.74) is 8.08. The summed E-state index contributed by atoms with van der Waals surface area (Å²) in [6.07, 6.45) is 24.1. The van der Waals surface area contributed by atoms with E-state index in [0.717, 1.165) is 94.7 Å². The Kier molecular flexibility index (Phi) is 19.1. The molecule has 0 saturated heterocycles. The van der Waals surface area contributed by atoms with Gasteiger partial charge in [-0.15, -0.1) is 0 Å². The fourth-order valence-electron chi connectivity index (χ4n) is 13.1. The van der Waals surface area contributed by atoms with Crippen LogP contribution in [0.2, 0.25) is 0 Å². The highest BCUT2D eigenvalue weighted by molar-refractivity contribution is 5.46. The molecule has 0 heteroatoms. The molecule has 0 aromatic carbocycles. The molecule has 0 heterocycles. The van der Waals surface area contributed by atoms with Crippen LogP contribution in [0.1, 0.15) is 217 Å². The van der Waals surface area contributed by atoms with Crippen molar-refractivity contribution in [2.75, 3.05) is 0 Å². The average Bonchev–Trinajstić information content (AvgIpc) is 3.91. The maximum Gasteiger partial charge on any atom is -0.0103 e. The number of hydrogen-bond acceptors (Lipinski definition) is 0. The van der Waals surface area contributed by atoms with Gasteiger partial charge in [0.15, 0.2) is 0 Å². The number of hydrogen-bond donors (Lipinski definition) is 0. The lowest BCUT2D eigenvalue weighted by atomic mass is 9.57. The van der Waals surface area contributed by atoms with Crippen LogP contribution >= 0.6 is 0 Å². The van der Waals surface area contributed by atoms with E-state index in [1.54, 1.807) is 22.3 Å². The number of rotatable bonds is 0. The Hall–Kier alpha value is -1.04. The molecule has 0 aromatic rings. The van der Waals surface area contributed by atoms with Crippen molar-refractivity contribution in [1.82, 2.24) is 0 Å². The Bertz CT molecular complexity index is 1300. The lowest BCUT2D eigenvalue weighted by molar-refractivity contribution is 0.248. The van der Waals surface area contributed by atoms with Crippen LogP contribution in [0.25, 0.3) is 0 Å². The van der Waals surface area contributed by atoms with Gasteiger partial charge in [-0.2, -0.15) is 0 Å². The first kappa shape index (κ1) is 52.3. The van der Waals surface area contributed by atoms with Crippen LogP contribution in [0.5, 0.6) is 0 Å². The van der Waals surface area contributed by atoms with Crippen molar-refractivity contribution in [2.45, 2.75) is 217 Å². The number of fused-ring (bicyclic) bond motifs is 4. The first-order chi connectivity index (χ1) is 27.3. The van der Waals surface area contributed by atoms with Crippen molar-refractivity contribution >= 4 is 0 Å². The lowest BCUT2D eigenvalue weighted by Crippen LogP contribution is -2.35. The topological polar surface area (TPSA) is 0 Å². The van der Waals surface area contributed by atoms with E-state index in [0.29, 0.717) is 16.2 Å². The van der Waals surface area contributed by atoms with Crippen molar-refractivity contribution in [3.8, 4) is 0 Å². The van der Waals surface area contributed by atoms with Crippen molar-refractivity contribution in [3.05, 3.63) is 46.6 Å². The third-order valence-corrected chi connectivity index (χ3v) is 18.9. The SMILES string of the molecule is CC1C(C)C(C)C(C)C1C.CC1C(C)C(C)C(C)C1C.CC1CCC2C=C3C(=CC12)C(C)(C)CCC3(C)C.CC1CCC2C=C3CC(C)(C)CC3=CC12.CCC.CCC. The number of allylic oxidation sites excluding steroid dienone is 8. The minimum absolute atomic E-state index is 0.397. The third kappa shape index (κ3) is 12.4. The first-order valence-corrected chi connectivity index (χ1v) is 26.2. The van der Waals surface area contributed by atoms with Gasteiger partial charge in [0.05, 0.1) is 0 Å². The zero-order valence-electron chi connectivity index (χ0n) is 44.1. The molecule has 0 spiro atoms. The van der Waals surface area contributed by atoms with Gasteiger partial charge in [-0.1, -0.05) is 189 Å². The maximum absolute atomic E-state index is 2.68. The molecule has 0 amide bonds. The summed E-state index contributed by atoms with van der Waals surface area (Å²) in [5.74, 6) is 14.6. The van der Waals surface area contributed by atoms with E-state index in [2.05, 4.69) is 177 Å². The average molecular weight is 815 g/mol. The van der Waals surface area contributed by atoms with Crippen molar-refractivity contribution in [2.24, 2.45) is 111 Å². The molecule has 8 rings (SSSR count). The predicted octanol–water partition coefficient (Wildman–Crippen LogP) is 18.9. The molecular formula is C59H106. The van der Waals surface area contributed by atoms with Gasteiger partial charge in [-0.3, -0.25) is 0 Å².